The van der Waals surface area contributed by atoms with Gasteiger partial charge in [-0.2, -0.15) is 5.06 Å². The number of carbonyl (C=O) groups is 1. The second-order valence-electron chi connectivity index (χ2n) is 9.78. The highest BCUT2D eigenvalue weighted by Gasteiger charge is 2.55. The summed E-state index contributed by atoms with van der Waals surface area (Å²) >= 11 is 0. The molecule has 0 amide bonds. The van der Waals surface area contributed by atoms with Crippen LogP contribution in [0.4, 0.5) is 0 Å². The van der Waals surface area contributed by atoms with Crippen LogP contribution in [0.1, 0.15) is 66.2 Å². The largest absolute Gasteiger partial charge is 0.469 e. The smallest absolute Gasteiger partial charge is 0.313 e. The fourth-order valence-electron chi connectivity index (χ4n) is 6.69. The van der Waals surface area contributed by atoms with Crippen molar-refractivity contribution in [3.05, 3.63) is 0 Å². The van der Waals surface area contributed by atoms with E-state index in [-0.39, 0.29) is 29.4 Å². The molecule has 5 heteroatoms. The molecule has 2 saturated carbocycles. The standard InChI is InChI=1S/C21H37NO4/c1-13(14-9-10-15-17(23)8-7-11-21(14,15)4)12-16-18(19(24)25-6)20(2,3)26-22(16)5/h13-18,23H,7-12H2,1-6H3/t13-,14-,15-,16-,17+,18+,21-/m1/s1. The van der Waals surface area contributed by atoms with Gasteiger partial charge in [0.2, 0.25) is 0 Å². The van der Waals surface area contributed by atoms with Gasteiger partial charge < -0.3 is 9.84 Å². The third-order valence-electron chi connectivity index (χ3n) is 7.90. The molecular formula is C21H37NO4. The van der Waals surface area contributed by atoms with Gasteiger partial charge in [-0.15, -0.1) is 0 Å². The van der Waals surface area contributed by atoms with E-state index < -0.39 is 5.60 Å². The van der Waals surface area contributed by atoms with E-state index >= 15 is 0 Å². The third-order valence-corrected chi connectivity index (χ3v) is 7.90. The number of esters is 1. The van der Waals surface area contributed by atoms with Gasteiger partial charge >= 0.3 is 5.97 Å². The van der Waals surface area contributed by atoms with E-state index in [1.165, 1.54) is 20.0 Å². The minimum Gasteiger partial charge on any atom is -0.469 e. The van der Waals surface area contributed by atoms with Crippen LogP contribution in [0.25, 0.3) is 0 Å². The summed E-state index contributed by atoms with van der Waals surface area (Å²) < 4.78 is 5.10. The SMILES string of the molecule is COC(=O)[C@@H]1[C@@H](C[C@@H](C)[C@H]2CC[C@@H]3[C@@H](O)CCC[C@]23C)N(C)OC1(C)C. The van der Waals surface area contributed by atoms with Crippen molar-refractivity contribution in [3.63, 3.8) is 0 Å². The van der Waals surface area contributed by atoms with Crippen molar-refractivity contribution in [1.82, 2.24) is 5.06 Å². The van der Waals surface area contributed by atoms with Crippen molar-refractivity contribution in [2.75, 3.05) is 14.2 Å². The number of methoxy groups -OCH3 is 1. The van der Waals surface area contributed by atoms with Crippen LogP contribution in [0.2, 0.25) is 0 Å². The maximum Gasteiger partial charge on any atom is 0.313 e. The second kappa shape index (κ2) is 7.06. The van der Waals surface area contributed by atoms with Crippen molar-refractivity contribution < 1.29 is 19.5 Å². The van der Waals surface area contributed by atoms with Crippen LogP contribution in [0.3, 0.4) is 0 Å². The summed E-state index contributed by atoms with van der Waals surface area (Å²) in [6, 6.07) is 0.0311. The monoisotopic (exact) mass is 367 g/mol. The number of fused-ring (bicyclic) bond motifs is 1. The molecule has 1 N–H and O–H groups in total. The first-order chi connectivity index (χ1) is 12.1. The molecule has 150 valence electrons. The minimum atomic E-state index is -0.546. The summed E-state index contributed by atoms with van der Waals surface area (Å²) in [5.41, 5.74) is -0.319. The molecule has 0 aromatic heterocycles. The molecule has 26 heavy (non-hydrogen) atoms. The summed E-state index contributed by atoms with van der Waals surface area (Å²) in [7, 11) is 3.40. The fraction of sp³-hybridized carbons (Fsp3) is 0.952. The number of hydroxylamine groups is 2. The first-order valence-corrected chi connectivity index (χ1v) is 10.3. The molecule has 0 spiro atoms. The van der Waals surface area contributed by atoms with Gasteiger partial charge in [0, 0.05) is 7.05 Å². The van der Waals surface area contributed by atoms with Crippen molar-refractivity contribution in [1.29, 1.82) is 0 Å². The third kappa shape index (κ3) is 3.20. The van der Waals surface area contributed by atoms with Gasteiger partial charge in [-0.3, -0.25) is 9.63 Å². The molecule has 0 bridgehead atoms. The lowest BCUT2D eigenvalue weighted by Gasteiger charge is -2.45. The zero-order valence-electron chi connectivity index (χ0n) is 17.3. The maximum absolute atomic E-state index is 12.5. The lowest BCUT2D eigenvalue weighted by atomic mass is 9.61. The second-order valence-corrected chi connectivity index (χ2v) is 9.78. The Balaban J connectivity index is 1.76. The van der Waals surface area contributed by atoms with Crippen LogP contribution in [-0.4, -0.2) is 48.0 Å². The molecule has 0 aromatic rings. The van der Waals surface area contributed by atoms with Crippen LogP contribution in [0, 0.1) is 29.1 Å². The number of aliphatic hydroxyl groups excluding tert-OH is 1. The summed E-state index contributed by atoms with van der Waals surface area (Å²) in [6.45, 7) is 8.66. The Morgan fingerprint density at radius 2 is 2.00 bits per heavy atom. The van der Waals surface area contributed by atoms with Crippen molar-refractivity contribution in [2.45, 2.75) is 84.0 Å². The molecule has 5 nitrogen and oxygen atoms in total. The number of carbonyl (C=O) groups excluding carboxylic acids is 1. The first-order valence-electron chi connectivity index (χ1n) is 10.3. The van der Waals surface area contributed by atoms with Crippen LogP contribution >= 0.6 is 0 Å². The Morgan fingerprint density at radius 1 is 1.31 bits per heavy atom. The Morgan fingerprint density at radius 3 is 2.65 bits per heavy atom. The van der Waals surface area contributed by atoms with E-state index in [0.717, 1.165) is 25.7 Å². The van der Waals surface area contributed by atoms with E-state index in [0.29, 0.717) is 17.8 Å². The lowest BCUT2D eigenvalue weighted by molar-refractivity contribution is -0.183. The number of aliphatic hydroxyl groups is 1. The van der Waals surface area contributed by atoms with E-state index in [1.807, 2.05) is 26.0 Å². The lowest BCUT2D eigenvalue weighted by Crippen LogP contribution is -2.44. The summed E-state index contributed by atoms with van der Waals surface area (Å²) in [6.07, 6.45) is 6.40. The summed E-state index contributed by atoms with van der Waals surface area (Å²) in [5.74, 6) is 1.06. The summed E-state index contributed by atoms with van der Waals surface area (Å²) in [5, 5.41) is 12.4. The van der Waals surface area contributed by atoms with Crippen molar-refractivity contribution in [2.24, 2.45) is 29.1 Å². The van der Waals surface area contributed by atoms with Crippen LogP contribution in [0.5, 0.6) is 0 Å². The van der Waals surface area contributed by atoms with Crippen LogP contribution in [-0.2, 0) is 14.4 Å². The minimum absolute atomic E-state index is 0.0311. The summed E-state index contributed by atoms with van der Waals surface area (Å²) in [4.78, 5) is 18.5. The molecule has 1 aliphatic heterocycles. The number of rotatable bonds is 4. The van der Waals surface area contributed by atoms with Crippen LogP contribution < -0.4 is 0 Å². The van der Waals surface area contributed by atoms with Crippen molar-refractivity contribution >= 4 is 5.97 Å². The molecule has 1 saturated heterocycles. The predicted octanol–water partition coefficient (Wildman–Crippen LogP) is 3.40. The van der Waals surface area contributed by atoms with Gasteiger partial charge in [-0.1, -0.05) is 20.3 Å². The van der Waals surface area contributed by atoms with E-state index in [9.17, 15) is 9.90 Å². The van der Waals surface area contributed by atoms with Gasteiger partial charge in [0.15, 0.2) is 0 Å². The molecular weight excluding hydrogens is 330 g/mol. The van der Waals surface area contributed by atoms with Gasteiger partial charge in [0.25, 0.3) is 0 Å². The number of nitrogens with zero attached hydrogens (tertiary/aromatic N) is 1. The average Bonchev–Trinajstić information content (AvgIpc) is 3.01. The highest BCUT2D eigenvalue weighted by Crippen LogP contribution is 2.58. The Hall–Kier alpha value is -0.650. The Kier molecular flexibility index (Phi) is 5.46. The highest BCUT2D eigenvalue weighted by atomic mass is 16.7. The molecule has 2 aliphatic carbocycles. The van der Waals surface area contributed by atoms with Gasteiger partial charge in [-0.05, 0) is 69.1 Å². The first kappa shape index (κ1) is 20.1. The molecule has 0 radical (unpaired) electrons. The average molecular weight is 368 g/mol. The molecule has 0 unspecified atom stereocenters. The normalized spacial score (nSPS) is 43.9. The quantitative estimate of drug-likeness (QED) is 0.772. The molecule has 0 aromatic carbocycles. The number of ether oxygens (including phenoxy) is 1. The van der Waals surface area contributed by atoms with Crippen molar-refractivity contribution in [3.8, 4) is 0 Å². The van der Waals surface area contributed by atoms with Crippen LogP contribution in [0.15, 0.2) is 0 Å². The topological polar surface area (TPSA) is 59.0 Å². The van der Waals surface area contributed by atoms with E-state index in [1.54, 1.807) is 0 Å². The van der Waals surface area contributed by atoms with E-state index in [2.05, 4.69) is 13.8 Å². The zero-order chi connectivity index (χ0) is 19.3. The van der Waals surface area contributed by atoms with Gasteiger partial charge in [-0.25, -0.2) is 0 Å². The molecule has 1 heterocycles. The van der Waals surface area contributed by atoms with E-state index in [4.69, 9.17) is 9.57 Å². The number of hydrogen-bond donors (Lipinski definition) is 1. The Labute approximate surface area is 158 Å². The van der Waals surface area contributed by atoms with Gasteiger partial charge in [0.1, 0.15) is 5.92 Å². The number of hydrogen-bond acceptors (Lipinski definition) is 5. The Bertz CT molecular complexity index is 536. The van der Waals surface area contributed by atoms with Gasteiger partial charge in [0.05, 0.1) is 24.9 Å². The predicted molar refractivity (Wildman–Crippen MR) is 100 cm³/mol. The zero-order valence-corrected chi connectivity index (χ0v) is 17.3. The highest BCUT2D eigenvalue weighted by molar-refractivity contribution is 5.75. The maximum atomic E-state index is 12.5. The molecule has 3 fully saturated rings. The fourth-order valence-corrected chi connectivity index (χ4v) is 6.69. The molecule has 7 atom stereocenters. The molecule has 3 aliphatic rings. The molecule has 3 rings (SSSR count).